The lowest BCUT2D eigenvalue weighted by atomic mass is 10.1. The second-order valence-electron chi connectivity index (χ2n) is 5.68. The lowest BCUT2D eigenvalue weighted by Gasteiger charge is -2.18. The molecule has 1 N–H and O–H groups in total. The van der Waals surface area contributed by atoms with Crippen LogP contribution < -0.4 is 4.74 Å². The number of aromatic nitrogens is 1. The Morgan fingerprint density at radius 3 is 2.64 bits per heavy atom. The van der Waals surface area contributed by atoms with Crippen LogP contribution in [0.3, 0.4) is 0 Å². The van der Waals surface area contributed by atoms with Crippen LogP contribution in [0.25, 0.3) is 10.9 Å². The number of benzene rings is 1. The van der Waals surface area contributed by atoms with Gasteiger partial charge < -0.3 is 9.84 Å². The Morgan fingerprint density at radius 1 is 1.23 bits per heavy atom. The summed E-state index contributed by atoms with van der Waals surface area (Å²) in [5, 5.41) is 10.3. The number of carbonyl (C=O) groups is 1. The van der Waals surface area contributed by atoms with Crippen molar-refractivity contribution in [3.8, 4) is 5.75 Å². The van der Waals surface area contributed by atoms with Gasteiger partial charge in [-0.15, -0.1) is 0 Å². The Labute approximate surface area is 134 Å². The molecule has 5 heteroatoms. The monoisotopic (exact) mass is 319 g/mol. The fourth-order valence-electron chi connectivity index (χ4n) is 2.92. The van der Waals surface area contributed by atoms with E-state index in [0.717, 1.165) is 18.2 Å². The zero-order valence-corrected chi connectivity index (χ0v) is 13.0. The number of para-hydroxylation sites is 1. The number of fused-ring (bicyclic) bond motifs is 1. The van der Waals surface area contributed by atoms with E-state index in [2.05, 4.69) is 4.98 Å². The molecule has 1 heterocycles. The zero-order valence-electron chi connectivity index (χ0n) is 12.2. The maximum atomic E-state index is 11.2. The van der Waals surface area contributed by atoms with Crippen molar-refractivity contribution in [2.24, 2.45) is 0 Å². The minimum Gasteiger partial charge on any atom is -0.488 e. The number of carboxylic acid groups (broad SMARTS) is 1. The maximum Gasteiger partial charge on any atom is 0.354 e. The van der Waals surface area contributed by atoms with Gasteiger partial charge in [0.25, 0.3) is 0 Å². The number of ether oxygens (including phenoxy) is 1. The number of nitrogens with zero attached hydrogens (tertiary/aromatic N) is 1. The van der Waals surface area contributed by atoms with Crippen LogP contribution in [0.5, 0.6) is 5.75 Å². The smallest absolute Gasteiger partial charge is 0.354 e. The number of hydrogen-bond donors (Lipinski definition) is 1. The predicted molar refractivity (Wildman–Crippen MR) is 85.8 cm³/mol. The normalized spacial score (nSPS) is 16.4. The van der Waals surface area contributed by atoms with Gasteiger partial charge in [0, 0.05) is 5.39 Å². The molecule has 1 fully saturated rings. The second-order valence-corrected chi connectivity index (χ2v) is 6.09. The van der Waals surface area contributed by atoms with Gasteiger partial charge in [-0.05, 0) is 37.8 Å². The van der Waals surface area contributed by atoms with Crippen molar-refractivity contribution < 1.29 is 14.6 Å². The summed E-state index contributed by atoms with van der Waals surface area (Å²) in [6, 6.07) is 6.91. The molecule has 4 nitrogen and oxygen atoms in total. The van der Waals surface area contributed by atoms with Gasteiger partial charge in [0.1, 0.15) is 11.3 Å². The van der Waals surface area contributed by atoms with E-state index in [4.69, 9.17) is 21.4 Å². The van der Waals surface area contributed by atoms with Crippen LogP contribution in [0, 0.1) is 0 Å². The topological polar surface area (TPSA) is 59.4 Å². The fraction of sp³-hybridized carbons (Fsp3) is 0.412. The van der Waals surface area contributed by atoms with E-state index < -0.39 is 5.97 Å². The van der Waals surface area contributed by atoms with Gasteiger partial charge in [0.05, 0.1) is 11.1 Å². The van der Waals surface area contributed by atoms with Crippen LogP contribution in [0.1, 0.15) is 49.0 Å². The van der Waals surface area contributed by atoms with Gasteiger partial charge >= 0.3 is 5.97 Å². The highest BCUT2D eigenvalue weighted by Gasteiger charge is 2.17. The highest BCUT2D eigenvalue weighted by atomic mass is 35.5. The molecule has 22 heavy (non-hydrogen) atoms. The first kappa shape index (κ1) is 15.1. The van der Waals surface area contributed by atoms with E-state index in [1.54, 1.807) is 0 Å². The van der Waals surface area contributed by atoms with Crippen molar-refractivity contribution in [2.45, 2.75) is 44.6 Å². The van der Waals surface area contributed by atoms with Crippen molar-refractivity contribution in [1.29, 1.82) is 0 Å². The molecule has 1 aliphatic rings. The van der Waals surface area contributed by atoms with Crippen LogP contribution in [-0.4, -0.2) is 22.2 Å². The molecule has 0 radical (unpaired) electrons. The number of carboxylic acids is 1. The van der Waals surface area contributed by atoms with Gasteiger partial charge in [-0.3, -0.25) is 0 Å². The van der Waals surface area contributed by atoms with Gasteiger partial charge in [-0.1, -0.05) is 36.6 Å². The molecule has 0 spiro atoms. The Hall–Kier alpha value is -1.81. The van der Waals surface area contributed by atoms with Crippen molar-refractivity contribution >= 4 is 28.5 Å². The van der Waals surface area contributed by atoms with Gasteiger partial charge in [0.2, 0.25) is 0 Å². The van der Waals surface area contributed by atoms with E-state index in [9.17, 15) is 4.79 Å². The van der Waals surface area contributed by atoms with Crippen molar-refractivity contribution in [1.82, 2.24) is 4.98 Å². The molecule has 0 saturated heterocycles. The van der Waals surface area contributed by atoms with E-state index >= 15 is 0 Å². The average Bonchev–Trinajstić information content (AvgIpc) is 2.76. The molecule has 0 aliphatic heterocycles. The van der Waals surface area contributed by atoms with Gasteiger partial charge in [0.15, 0.2) is 5.69 Å². The molecule has 1 saturated carbocycles. The van der Waals surface area contributed by atoms with Crippen molar-refractivity contribution in [2.75, 3.05) is 0 Å². The number of rotatable bonds is 3. The summed E-state index contributed by atoms with van der Waals surface area (Å²) in [5.74, 6) is -0.470. The highest BCUT2D eigenvalue weighted by Crippen LogP contribution is 2.32. The largest absolute Gasteiger partial charge is 0.488 e. The summed E-state index contributed by atoms with van der Waals surface area (Å²) in [7, 11) is 0. The van der Waals surface area contributed by atoms with Crippen LogP contribution in [0.4, 0.5) is 0 Å². The lowest BCUT2D eigenvalue weighted by Crippen LogP contribution is -2.15. The molecule has 1 aromatic carbocycles. The first-order valence-corrected chi connectivity index (χ1v) is 8.02. The number of halogens is 1. The summed E-state index contributed by atoms with van der Waals surface area (Å²) in [5.41, 5.74) is 0.464. The minimum atomic E-state index is -1.09. The summed E-state index contributed by atoms with van der Waals surface area (Å²) in [4.78, 5) is 15.4. The summed E-state index contributed by atoms with van der Waals surface area (Å²) in [6.45, 7) is 0. The Morgan fingerprint density at radius 2 is 1.95 bits per heavy atom. The summed E-state index contributed by atoms with van der Waals surface area (Å²) in [6.07, 6.45) is 7.08. The fourth-order valence-corrected chi connectivity index (χ4v) is 3.18. The van der Waals surface area contributed by atoms with E-state index in [1.165, 1.54) is 31.7 Å². The second kappa shape index (κ2) is 6.53. The third-order valence-electron chi connectivity index (χ3n) is 4.07. The minimum absolute atomic E-state index is 0.0607. The van der Waals surface area contributed by atoms with E-state index in [-0.39, 0.29) is 11.8 Å². The predicted octanol–water partition coefficient (Wildman–Crippen LogP) is 4.69. The molecule has 3 rings (SSSR count). The molecule has 0 bridgehead atoms. The molecule has 116 valence electrons. The molecule has 1 aliphatic carbocycles. The van der Waals surface area contributed by atoms with Gasteiger partial charge in [-0.25, -0.2) is 9.78 Å². The molecule has 0 atom stereocenters. The number of pyridine rings is 1. The third kappa shape index (κ3) is 3.17. The van der Waals surface area contributed by atoms with Crippen LogP contribution in [0.15, 0.2) is 24.3 Å². The third-order valence-corrected chi connectivity index (χ3v) is 4.38. The van der Waals surface area contributed by atoms with E-state index in [1.807, 2.05) is 18.2 Å². The highest BCUT2D eigenvalue weighted by molar-refractivity contribution is 6.35. The SMILES string of the molecule is O=C(O)c1cc(Cl)c2cccc(OC3CCCCCC3)c2n1. The standard InChI is InChI=1S/C17H18ClNO3/c18-13-10-14(17(20)21)19-16-12(13)8-5-9-15(16)22-11-6-3-1-2-4-7-11/h5,8-11H,1-4,6-7H2,(H,20,21). The average molecular weight is 320 g/mol. The maximum absolute atomic E-state index is 11.2. The van der Waals surface area contributed by atoms with Crippen LogP contribution in [0.2, 0.25) is 5.02 Å². The Bertz CT molecular complexity index is 694. The Kier molecular flexibility index (Phi) is 4.48. The lowest BCUT2D eigenvalue weighted by molar-refractivity contribution is 0.0691. The van der Waals surface area contributed by atoms with Gasteiger partial charge in [-0.2, -0.15) is 0 Å². The first-order valence-electron chi connectivity index (χ1n) is 7.64. The Balaban J connectivity index is 1.99. The van der Waals surface area contributed by atoms with E-state index in [0.29, 0.717) is 16.3 Å². The number of aromatic carboxylic acids is 1. The summed E-state index contributed by atoms with van der Waals surface area (Å²) < 4.78 is 6.12. The molecular weight excluding hydrogens is 302 g/mol. The molecule has 0 unspecified atom stereocenters. The quantitative estimate of drug-likeness (QED) is 0.834. The summed E-state index contributed by atoms with van der Waals surface area (Å²) >= 11 is 6.19. The van der Waals surface area contributed by atoms with Crippen LogP contribution >= 0.6 is 11.6 Å². The molecular formula is C17H18ClNO3. The van der Waals surface area contributed by atoms with Crippen LogP contribution in [-0.2, 0) is 0 Å². The molecule has 0 amide bonds. The molecule has 1 aromatic heterocycles. The first-order chi connectivity index (χ1) is 10.6. The van der Waals surface area contributed by atoms with Crippen molar-refractivity contribution in [3.63, 3.8) is 0 Å². The van der Waals surface area contributed by atoms with Crippen molar-refractivity contribution in [3.05, 3.63) is 35.0 Å². The zero-order chi connectivity index (χ0) is 15.5. The number of hydrogen-bond acceptors (Lipinski definition) is 3. The molecule has 2 aromatic rings.